The van der Waals surface area contributed by atoms with Crippen LogP contribution in [-0.2, 0) is 19.2 Å². The first kappa shape index (κ1) is 26.9. The summed E-state index contributed by atoms with van der Waals surface area (Å²) in [6.07, 6.45) is 11.5. The molecule has 4 aliphatic carbocycles. The summed E-state index contributed by atoms with van der Waals surface area (Å²) in [5.74, 6) is 0.967. The molecule has 4 aliphatic rings. The van der Waals surface area contributed by atoms with Crippen LogP contribution in [0.1, 0.15) is 92.4 Å². The molecular weight excluding hydrogens is 456 g/mol. The van der Waals surface area contributed by atoms with Crippen LogP contribution in [0.3, 0.4) is 0 Å². The monoisotopic (exact) mass is 500 g/mol. The first-order valence-electron chi connectivity index (χ1n) is 13.9. The number of carboxylic acid groups (broad SMARTS) is 1. The number of carbonyl (C=O) groups excluding carboxylic acids is 2. The Morgan fingerprint density at radius 2 is 1.89 bits per heavy atom. The molecule has 0 spiro atoms. The van der Waals surface area contributed by atoms with Gasteiger partial charge in [-0.1, -0.05) is 44.8 Å². The van der Waals surface area contributed by atoms with E-state index < -0.39 is 17.9 Å². The smallest absolute Gasteiger partial charge is 0.326 e. The second kappa shape index (κ2) is 10.3. The number of hydrogen-bond donors (Lipinski definition) is 2. The van der Waals surface area contributed by atoms with Crippen molar-refractivity contribution >= 4 is 23.4 Å². The number of hydrogen-bond acceptors (Lipinski definition) is 5. The van der Waals surface area contributed by atoms with Crippen molar-refractivity contribution in [2.75, 3.05) is 6.61 Å². The molecule has 0 bridgehead atoms. The third kappa shape index (κ3) is 4.74. The topological polar surface area (TPSA) is 105 Å². The van der Waals surface area contributed by atoms with Crippen molar-refractivity contribution in [3.63, 3.8) is 0 Å². The van der Waals surface area contributed by atoms with Crippen LogP contribution < -0.4 is 5.32 Å². The predicted octanol–water partition coefficient (Wildman–Crippen LogP) is 5.14. The Morgan fingerprint density at radius 1 is 1.14 bits per heavy atom. The van der Waals surface area contributed by atoms with Crippen molar-refractivity contribution in [1.82, 2.24) is 5.32 Å². The van der Waals surface area contributed by atoms with E-state index in [0.29, 0.717) is 30.0 Å². The van der Waals surface area contributed by atoms with Crippen molar-refractivity contribution in [2.24, 2.45) is 45.6 Å². The van der Waals surface area contributed by atoms with Crippen LogP contribution in [0.15, 0.2) is 16.8 Å². The molecular formula is C29H44N2O5. The maximum atomic E-state index is 12.4. The van der Waals surface area contributed by atoms with Crippen molar-refractivity contribution in [1.29, 1.82) is 0 Å². The normalized spacial score (nSPS) is 38.1. The Hall–Kier alpha value is -2.18. The fraction of sp³-hybridized carbons (Fsp3) is 0.793. The van der Waals surface area contributed by atoms with Crippen LogP contribution in [0.4, 0.5) is 0 Å². The third-order valence-electron chi connectivity index (χ3n) is 10.6. The molecule has 36 heavy (non-hydrogen) atoms. The number of carbonyl (C=O) groups is 3. The minimum Gasteiger partial charge on any atom is -0.480 e. The SMILES string of the molecule is CC[C@H](C)[C@H](NC(=O)CO/N=C1\C=C2CC[C@H]3[C@@H]4CC[C@H](C(C)=O)[C@@]4(C)CC[C@@H]3[C@@]2(C)CC1)C(=O)O. The van der Waals surface area contributed by atoms with Crippen LogP contribution >= 0.6 is 0 Å². The van der Waals surface area contributed by atoms with Gasteiger partial charge in [0.2, 0.25) is 0 Å². The summed E-state index contributed by atoms with van der Waals surface area (Å²) >= 11 is 0. The summed E-state index contributed by atoms with van der Waals surface area (Å²) in [6.45, 7) is 10.0. The highest BCUT2D eigenvalue weighted by Gasteiger charge is 2.59. The van der Waals surface area contributed by atoms with Gasteiger partial charge in [-0.2, -0.15) is 0 Å². The average molecular weight is 501 g/mol. The molecule has 7 nitrogen and oxygen atoms in total. The molecule has 1 amide bonds. The van der Waals surface area contributed by atoms with E-state index in [1.165, 1.54) is 24.8 Å². The van der Waals surface area contributed by atoms with Gasteiger partial charge in [0.15, 0.2) is 6.61 Å². The molecule has 0 aromatic carbocycles. The van der Waals surface area contributed by atoms with Gasteiger partial charge in [0.05, 0.1) is 5.71 Å². The molecule has 0 aromatic heterocycles. The zero-order chi connectivity index (χ0) is 26.3. The molecule has 200 valence electrons. The lowest BCUT2D eigenvalue weighted by atomic mass is 9.46. The molecule has 0 radical (unpaired) electrons. The van der Waals surface area contributed by atoms with Crippen LogP contribution in [0, 0.1) is 40.4 Å². The second-order valence-electron chi connectivity index (χ2n) is 12.4. The van der Waals surface area contributed by atoms with Gasteiger partial charge in [-0.15, -0.1) is 0 Å². The summed E-state index contributed by atoms with van der Waals surface area (Å²) in [7, 11) is 0. The number of allylic oxidation sites excluding steroid dienone is 2. The molecule has 2 N–H and O–H groups in total. The number of rotatable bonds is 8. The van der Waals surface area contributed by atoms with E-state index in [-0.39, 0.29) is 29.3 Å². The molecule has 0 aromatic rings. The summed E-state index contributed by atoms with van der Waals surface area (Å²) in [4.78, 5) is 41.4. The highest BCUT2D eigenvalue weighted by Crippen LogP contribution is 2.66. The van der Waals surface area contributed by atoms with E-state index >= 15 is 0 Å². The molecule has 0 saturated heterocycles. The predicted molar refractivity (Wildman–Crippen MR) is 138 cm³/mol. The van der Waals surface area contributed by atoms with Gasteiger partial charge in [0.25, 0.3) is 5.91 Å². The summed E-state index contributed by atoms with van der Waals surface area (Å²) in [6, 6.07) is -0.922. The average Bonchev–Trinajstić information content (AvgIpc) is 3.19. The number of Topliss-reactive ketones (excluding diaryl/α,β-unsaturated/α-hetero) is 1. The van der Waals surface area contributed by atoms with Crippen molar-refractivity contribution in [2.45, 2.75) is 98.4 Å². The van der Waals surface area contributed by atoms with E-state index in [4.69, 9.17) is 4.84 Å². The maximum Gasteiger partial charge on any atom is 0.326 e. The molecule has 7 heteroatoms. The zero-order valence-electron chi connectivity index (χ0n) is 22.6. The van der Waals surface area contributed by atoms with Crippen molar-refractivity contribution in [3.8, 4) is 0 Å². The van der Waals surface area contributed by atoms with Crippen LogP contribution in [-0.4, -0.2) is 41.1 Å². The van der Waals surface area contributed by atoms with E-state index in [1.54, 1.807) is 13.8 Å². The first-order valence-corrected chi connectivity index (χ1v) is 13.9. The molecule has 0 aliphatic heterocycles. The number of fused-ring (bicyclic) bond motifs is 5. The summed E-state index contributed by atoms with van der Waals surface area (Å²) < 4.78 is 0. The number of carboxylic acids is 1. The fourth-order valence-corrected chi connectivity index (χ4v) is 8.38. The Balaban J connectivity index is 1.39. The molecule has 8 atom stereocenters. The third-order valence-corrected chi connectivity index (χ3v) is 10.6. The molecule has 0 heterocycles. The highest BCUT2D eigenvalue weighted by molar-refractivity contribution is 5.96. The number of nitrogens with one attached hydrogen (secondary N) is 1. The fourth-order valence-electron chi connectivity index (χ4n) is 8.38. The minimum atomic E-state index is -1.03. The van der Waals surface area contributed by atoms with Gasteiger partial charge in [-0.05, 0) is 98.9 Å². The van der Waals surface area contributed by atoms with Crippen molar-refractivity contribution in [3.05, 3.63) is 11.6 Å². The number of aliphatic carboxylic acids is 1. The zero-order valence-corrected chi connectivity index (χ0v) is 22.6. The van der Waals surface area contributed by atoms with Gasteiger partial charge in [0, 0.05) is 5.92 Å². The Kier molecular flexibility index (Phi) is 7.68. The Morgan fingerprint density at radius 3 is 2.56 bits per heavy atom. The van der Waals surface area contributed by atoms with E-state index in [2.05, 4.69) is 30.4 Å². The molecule has 4 rings (SSSR count). The van der Waals surface area contributed by atoms with E-state index in [9.17, 15) is 19.5 Å². The lowest BCUT2D eigenvalue weighted by Gasteiger charge is -2.58. The quantitative estimate of drug-likeness (QED) is 0.449. The number of ketones is 1. The first-order chi connectivity index (χ1) is 17.0. The maximum absolute atomic E-state index is 12.4. The Bertz CT molecular complexity index is 957. The second-order valence-corrected chi connectivity index (χ2v) is 12.4. The van der Waals surface area contributed by atoms with E-state index in [0.717, 1.165) is 37.8 Å². The minimum absolute atomic E-state index is 0.163. The van der Waals surface area contributed by atoms with Gasteiger partial charge >= 0.3 is 5.97 Å². The molecule has 3 fully saturated rings. The standard InChI is InChI=1S/C29H44N2O5/c1-6-17(2)26(27(34)35)30-25(33)16-36-31-20-11-13-28(4)19(15-20)7-8-21-23-10-9-22(18(3)32)29(23,5)14-12-24(21)28/h15,17,21-24,26H,6-14,16H2,1-5H3,(H,30,33)(H,34,35)/b31-20-/t17-,21-,22+,23-,24-,26-,28-,29+/m0/s1. The summed E-state index contributed by atoms with van der Waals surface area (Å²) in [5, 5.41) is 16.2. The van der Waals surface area contributed by atoms with Gasteiger partial charge < -0.3 is 15.3 Å². The van der Waals surface area contributed by atoms with E-state index in [1.807, 2.05) is 6.92 Å². The largest absolute Gasteiger partial charge is 0.480 e. The Labute approximate surface area is 215 Å². The molecule has 0 unspecified atom stereocenters. The molecule has 3 saturated carbocycles. The lowest BCUT2D eigenvalue weighted by molar-refractivity contribution is -0.144. The van der Waals surface area contributed by atoms with Gasteiger partial charge in [0.1, 0.15) is 11.8 Å². The lowest BCUT2D eigenvalue weighted by Crippen LogP contribution is -2.51. The van der Waals surface area contributed by atoms with Crippen LogP contribution in [0.2, 0.25) is 0 Å². The van der Waals surface area contributed by atoms with Gasteiger partial charge in [-0.25, -0.2) is 4.79 Å². The van der Waals surface area contributed by atoms with Gasteiger partial charge in [-0.3, -0.25) is 9.59 Å². The number of amides is 1. The summed E-state index contributed by atoms with van der Waals surface area (Å²) in [5.41, 5.74) is 2.66. The van der Waals surface area contributed by atoms with Crippen molar-refractivity contribution < 1.29 is 24.3 Å². The van der Waals surface area contributed by atoms with Crippen LogP contribution in [0.25, 0.3) is 0 Å². The highest BCUT2D eigenvalue weighted by atomic mass is 16.6. The van der Waals surface area contributed by atoms with Crippen LogP contribution in [0.5, 0.6) is 0 Å². The number of oxime groups is 1. The number of nitrogens with zero attached hydrogens (tertiary/aromatic N) is 1.